The summed E-state index contributed by atoms with van der Waals surface area (Å²) >= 11 is 0. The van der Waals surface area contributed by atoms with E-state index in [9.17, 15) is 8.96 Å². The molecule has 17 heavy (non-hydrogen) atoms. The average molecular weight is 267 g/mol. The molecule has 96 valence electrons. The maximum Gasteiger partial charge on any atom is 0.695 e. The van der Waals surface area contributed by atoms with Crippen molar-refractivity contribution in [2.24, 2.45) is 0 Å². The molecule has 2 unspecified atom stereocenters. The smallest absolute Gasteiger partial charge is 0.382 e. The van der Waals surface area contributed by atoms with Crippen molar-refractivity contribution in [3.8, 4) is 0 Å². The highest BCUT2D eigenvalue weighted by molar-refractivity contribution is 7.32. The lowest BCUT2D eigenvalue weighted by atomic mass is 9.93. The summed E-state index contributed by atoms with van der Waals surface area (Å²) < 4.78 is 43.0. The maximum atomic E-state index is 12.6. The van der Waals surface area contributed by atoms with Gasteiger partial charge < -0.3 is 14.2 Å². The first-order valence-corrected chi connectivity index (χ1v) is 6.13. The molecule has 0 aromatic rings. The van der Waals surface area contributed by atoms with Gasteiger partial charge in [-0.1, -0.05) is 0 Å². The van der Waals surface area contributed by atoms with Crippen molar-refractivity contribution in [2.45, 2.75) is 24.3 Å². The topological polar surface area (TPSA) is 74.2 Å². The number of methoxy groups -OCH3 is 1. The normalized spacial score (nSPS) is 33.9. The van der Waals surface area contributed by atoms with Crippen LogP contribution >= 0.6 is 8.25 Å². The third-order valence-electron chi connectivity index (χ3n) is 2.31. The van der Waals surface area contributed by atoms with Crippen LogP contribution in [0.5, 0.6) is 0 Å². The van der Waals surface area contributed by atoms with Gasteiger partial charge in [0.25, 0.3) is 0 Å². The van der Waals surface area contributed by atoms with E-state index in [-0.39, 0.29) is 6.61 Å². The molecule has 1 saturated heterocycles. The molecule has 0 saturated carbocycles. The number of alkyl halides is 1. The molecular formula is C8H14BFO6P+. The Labute approximate surface area is 101 Å². The number of hydrogen-bond acceptors (Lipinski definition) is 5. The summed E-state index contributed by atoms with van der Waals surface area (Å²) in [5.41, 5.74) is 0. The summed E-state index contributed by atoms with van der Waals surface area (Å²) in [4.78, 5) is 8.69. The van der Waals surface area contributed by atoms with Crippen LogP contribution in [0, 0.1) is 0 Å². The molecule has 1 fully saturated rings. The van der Waals surface area contributed by atoms with Crippen LogP contribution in [0.25, 0.3) is 0 Å². The van der Waals surface area contributed by atoms with Crippen molar-refractivity contribution in [1.82, 2.24) is 0 Å². The summed E-state index contributed by atoms with van der Waals surface area (Å²) in [5, 5.41) is 0. The van der Waals surface area contributed by atoms with Gasteiger partial charge >= 0.3 is 8.25 Å². The van der Waals surface area contributed by atoms with Crippen LogP contribution in [0.3, 0.4) is 0 Å². The quantitative estimate of drug-likeness (QED) is 0.395. The van der Waals surface area contributed by atoms with E-state index >= 15 is 0 Å². The van der Waals surface area contributed by atoms with Crippen molar-refractivity contribution in [2.75, 3.05) is 27.0 Å². The van der Waals surface area contributed by atoms with Crippen LogP contribution in [0.4, 0.5) is 4.39 Å². The fraction of sp³-hybridized carbons (Fsp3) is 1.00. The van der Waals surface area contributed by atoms with Gasteiger partial charge in [0, 0.05) is 17.7 Å². The van der Waals surface area contributed by atoms with Crippen LogP contribution in [0.15, 0.2) is 0 Å². The molecule has 1 aliphatic heterocycles. The Morgan fingerprint density at radius 1 is 1.47 bits per heavy atom. The maximum absolute atomic E-state index is 12.6. The van der Waals surface area contributed by atoms with E-state index in [0.717, 1.165) is 0 Å². The molecule has 1 N–H and O–H groups in total. The standard InChI is InChI=1S/C8H13BFO6P/c1-13-2-3-14-7-6(16-17(11)12)5(4-10)15-8(7)9/h5-8H,2-4H2,1H3/p+1/t5-,6?,7+,8-/m1/s1. The second-order valence-corrected chi connectivity index (χ2v) is 4.12. The second kappa shape index (κ2) is 7.36. The van der Waals surface area contributed by atoms with Gasteiger partial charge in [-0.2, -0.15) is 0 Å². The Kier molecular flexibility index (Phi) is 6.47. The third-order valence-corrected chi connectivity index (χ3v) is 2.73. The first-order chi connectivity index (χ1) is 8.10. The van der Waals surface area contributed by atoms with E-state index < -0.39 is 39.2 Å². The van der Waals surface area contributed by atoms with Gasteiger partial charge in [0.15, 0.2) is 6.10 Å². The molecule has 0 bridgehead atoms. The zero-order chi connectivity index (χ0) is 12.8. The monoisotopic (exact) mass is 267 g/mol. The van der Waals surface area contributed by atoms with Crippen LogP contribution in [0.1, 0.15) is 0 Å². The van der Waals surface area contributed by atoms with E-state index in [1.165, 1.54) is 7.11 Å². The first kappa shape index (κ1) is 15.0. The predicted octanol–water partition coefficient (Wildman–Crippen LogP) is -0.0842. The lowest BCUT2D eigenvalue weighted by molar-refractivity contribution is -0.0310. The largest absolute Gasteiger partial charge is 0.695 e. The van der Waals surface area contributed by atoms with Crippen LogP contribution in [-0.2, 0) is 23.3 Å². The van der Waals surface area contributed by atoms with E-state index in [4.69, 9.17) is 27.0 Å². The van der Waals surface area contributed by atoms with Crippen LogP contribution in [-0.4, -0.2) is 64.1 Å². The highest BCUT2D eigenvalue weighted by Crippen LogP contribution is 2.31. The molecule has 2 radical (unpaired) electrons. The van der Waals surface area contributed by atoms with Gasteiger partial charge in [0.1, 0.15) is 26.7 Å². The zero-order valence-corrected chi connectivity index (χ0v) is 10.2. The molecule has 0 spiro atoms. The van der Waals surface area contributed by atoms with Crippen LogP contribution in [0.2, 0.25) is 0 Å². The summed E-state index contributed by atoms with van der Waals surface area (Å²) in [7, 11) is 4.21. The summed E-state index contributed by atoms with van der Waals surface area (Å²) in [6.07, 6.45) is -2.79. The minimum atomic E-state index is -2.87. The predicted molar refractivity (Wildman–Crippen MR) is 56.7 cm³/mol. The Bertz CT molecular complexity index is 258. The molecule has 1 heterocycles. The number of rotatable bonds is 7. The molecular weight excluding hydrogens is 253 g/mol. The van der Waals surface area contributed by atoms with Crippen molar-refractivity contribution in [1.29, 1.82) is 0 Å². The lowest BCUT2D eigenvalue weighted by Gasteiger charge is -2.18. The Balaban J connectivity index is 2.58. The van der Waals surface area contributed by atoms with E-state index in [1.807, 2.05) is 0 Å². The number of ether oxygens (including phenoxy) is 3. The highest BCUT2D eigenvalue weighted by atomic mass is 31.1. The molecule has 0 amide bonds. The summed E-state index contributed by atoms with van der Waals surface area (Å²) in [6, 6.07) is -0.896. The van der Waals surface area contributed by atoms with Crippen molar-refractivity contribution < 1.29 is 32.6 Å². The molecule has 6 nitrogen and oxygen atoms in total. The van der Waals surface area contributed by atoms with E-state index in [2.05, 4.69) is 4.52 Å². The summed E-state index contributed by atoms with van der Waals surface area (Å²) in [6.45, 7) is -0.341. The lowest BCUT2D eigenvalue weighted by Crippen LogP contribution is -2.37. The molecule has 0 aromatic carbocycles. The van der Waals surface area contributed by atoms with Crippen molar-refractivity contribution >= 4 is 16.1 Å². The SMILES string of the molecule is [B][C@@H]1O[C@H](CF)C(O[P+](=O)O)[C@@H]1OCCOC. The van der Waals surface area contributed by atoms with E-state index in [1.54, 1.807) is 0 Å². The Morgan fingerprint density at radius 2 is 2.18 bits per heavy atom. The van der Waals surface area contributed by atoms with Gasteiger partial charge in [-0.05, 0) is 0 Å². The Hall–Kier alpha value is -0.105. The van der Waals surface area contributed by atoms with Gasteiger partial charge in [-0.15, -0.1) is 9.42 Å². The van der Waals surface area contributed by atoms with Crippen molar-refractivity contribution in [3.63, 3.8) is 0 Å². The molecule has 0 aromatic heterocycles. The second-order valence-electron chi connectivity index (χ2n) is 3.43. The van der Waals surface area contributed by atoms with Gasteiger partial charge in [0.05, 0.1) is 13.2 Å². The minimum Gasteiger partial charge on any atom is -0.382 e. The van der Waals surface area contributed by atoms with Gasteiger partial charge in [0.2, 0.25) is 0 Å². The fourth-order valence-corrected chi connectivity index (χ4v) is 2.03. The molecule has 0 aliphatic carbocycles. The highest BCUT2D eigenvalue weighted by Gasteiger charge is 2.48. The molecule has 9 heteroatoms. The molecule has 1 rings (SSSR count). The first-order valence-electron chi connectivity index (χ1n) is 5.00. The van der Waals surface area contributed by atoms with Gasteiger partial charge in [-0.3, -0.25) is 0 Å². The molecule has 5 atom stereocenters. The average Bonchev–Trinajstić information content (AvgIpc) is 2.56. The molecule has 1 aliphatic rings. The minimum absolute atomic E-state index is 0.208. The summed E-state index contributed by atoms with van der Waals surface area (Å²) in [5.74, 6) is 0. The van der Waals surface area contributed by atoms with E-state index in [0.29, 0.717) is 6.61 Å². The third kappa shape index (κ3) is 4.24. The number of hydrogen-bond donors (Lipinski definition) is 1. The van der Waals surface area contributed by atoms with Crippen molar-refractivity contribution in [3.05, 3.63) is 0 Å². The zero-order valence-electron chi connectivity index (χ0n) is 9.32. The van der Waals surface area contributed by atoms with Crippen LogP contribution < -0.4 is 0 Å². The number of halogens is 1. The van der Waals surface area contributed by atoms with Gasteiger partial charge in [-0.25, -0.2) is 4.39 Å². The Morgan fingerprint density at radius 3 is 2.71 bits per heavy atom. The fourth-order valence-electron chi connectivity index (χ4n) is 1.57.